The summed E-state index contributed by atoms with van der Waals surface area (Å²) in [5.74, 6) is 2.44. The van der Waals surface area contributed by atoms with Gasteiger partial charge in [0.15, 0.2) is 0 Å². The fraction of sp³-hybridized carbons (Fsp3) is 0.789. The predicted molar refractivity (Wildman–Crippen MR) is 104 cm³/mol. The second-order valence-electron chi connectivity index (χ2n) is 7.81. The van der Waals surface area contributed by atoms with Crippen LogP contribution in [0.2, 0.25) is 0 Å². The van der Waals surface area contributed by atoms with Crippen molar-refractivity contribution < 1.29 is 10.2 Å². The van der Waals surface area contributed by atoms with Crippen LogP contribution in [0.25, 0.3) is 0 Å². The van der Waals surface area contributed by atoms with Gasteiger partial charge in [0, 0.05) is 63.6 Å². The molecule has 7 nitrogen and oxygen atoms in total. The topological polar surface area (TPSA) is 76.0 Å². The Labute approximate surface area is 156 Å². The Balaban J connectivity index is 1.72. The molecule has 2 fully saturated rings. The maximum Gasteiger partial charge on any atom is 0.227 e. The number of piperidine rings is 1. The minimum Gasteiger partial charge on any atom is -0.396 e. The summed E-state index contributed by atoms with van der Waals surface area (Å²) >= 11 is 0. The lowest BCUT2D eigenvalue weighted by Gasteiger charge is -2.28. The zero-order valence-corrected chi connectivity index (χ0v) is 16.1. The maximum atomic E-state index is 9.82. The van der Waals surface area contributed by atoms with E-state index in [1.807, 2.05) is 14.0 Å². The van der Waals surface area contributed by atoms with E-state index in [1.165, 1.54) is 19.3 Å². The number of aryl methyl sites for hydroxylation is 1. The summed E-state index contributed by atoms with van der Waals surface area (Å²) in [6.07, 6.45) is 3.72. The van der Waals surface area contributed by atoms with Crippen LogP contribution in [-0.4, -0.2) is 84.6 Å². The predicted octanol–water partition coefficient (Wildman–Crippen LogP) is 0.744. The van der Waals surface area contributed by atoms with Crippen LogP contribution in [-0.2, 0) is 0 Å². The Bertz CT molecular complexity index is 579. The van der Waals surface area contributed by atoms with Crippen LogP contribution in [0.15, 0.2) is 6.07 Å². The molecule has 2 aliphatic heterocycles. The first-order chi connectivity index (χ1) is 12.6. The van der Waals surface area contributed by atoms with Crippen LogP contribution in [0.4, 0.5) is 11.8 Å². The Hall–Kier alpha value is -1.44. The van der Waals surface area contributed by atoms with Crippen LogP contribution in [0.1, 0.15) is 25.0 Å². The summed E-state index contributed by atoms with van der Waals surface area (Å²) in [7, 11) is 2.02. The first-order valence-electron chi connectivity index (χ1n) is 9.86. The van der Waals surface area contributed by atoms with Gasteiger partial charge in [-0.1, -0.05) is 0 Å². The molecule has 0 saturated carbocycles. The standard InChI is InChI=1S/C19H33N5O2/c1-15-10-18(21-19(20-15)23-6-4-3-5-7-23)24-12-16(17(13-24)14-26)11-22(2)8-9-25/h10,16-17,25-26H,3-9,11-14H2,1-2H3/t16-,17-/m1/s1. The Morgan fingerprint density at radius 2 is 1.81 bits per heavy atom. The van der Waals surface area contributed by atoms with E-state index in [9.17, 15) is 5.11 Å². The molecule has 2 aliphatic rings. The molecular formula is C19H33N5O2. The van der Waals surface area contributed by atoms with Crippen molar-refractivity contribution >= 4 is 11.8 Å². The molecule has 3 heterocycles. The number of aliphatic hydroxyl groups excluding tert-OH is 2. The van der Waals surface area contributed by atoms with Crippen molar-refractivity contribution in [3.63, 3.8) is 0 Å². The third-order valence-corrected chi connectivity index (χ3v) is 5.63. The van der Waals surface area contributed by atoms with Gasteiger partial charge in [-0.2, -0.15) is 4.98 Å². The number of aliphatic hydroxyl groups is 2. The Kier molecular flexibility index (Phi) is 6.67. The molecule has 1 aromatic rings. The van der Waals surface area contributed by atoms with Gasteiger partial charge in [-0.25, -0.2) is 4.98 Å². The van der Waals surface area contributed by atoms with Gasteiger partial charge < -0.3 is 24.9 Å². The van der Waals surface area contributed by atoms with Crippen LogP contribution >= 0.6 is 0 Å². The molecule has 3 rings (SSSR count). The maximum absolute atomic E-state index is 9.82. The molecule has 0 aromatic carbocycles. The average molecular weight is 364 g/mol. The van der Waals surface area contributed by atoms with Crippen molar-refractivity contribution in [3.05, 3.63) is 11.8 Å². The van der Waals surface area contributed by atoms with Gasteiger partial charge >= 0.3 is 0 Å². The largest absolute Gasteiger partial charge is 0.396 e. The van der Waals surface area contributed by atoms with Crippen LogP contribution in [0.5, 0.6) is 0 Å². The molecule has 146 valence electrons. The first kappa shape index (κ1) is 19.3. The number of anilines is 2. The quantitative estimate of drug-likeness (QED) is 0.740. The fourth-order valence-electron chi connectivity index (χ4n) is 4.14. The summed E-state index contributed by atoms with van der Waals surface area (Å²) < 4.78 is 0. The van der Waals surface area contributed by atoms with E-state index in [1.54, 1.807) is 0 Å². The van der Waals surface area contributed by atoms with E-state index < -0.39 is 0 Å². The van der Waals surface area contributed by atoms with E-state index in [0.717, 1.165) is 50.2 Å². The van der Waals surface area contributed by atoms with Gasteiger partial charge in [0.25, 0.3) is 0 Å². The van der Waals surface area contributed by atoms with Crippen molar-refractivity contribution in [2.75, 3.05) is 69.3 Å². The van der Waals surface area contributed by atoms with E-state index in [0.29, 0.717) is 12.5 Å². The SMILES string of the molecule is Cc1cc(N2C[C@@H](CN(C)CCO)[C@@H](CO)C2)nc(N2CCCCC2)n1. The molecule has 0 unspecified atom stereocenters. The lowest BCUT2D eigenvalue weighted by molar-refractivity contribution is 0.160. The van der Waals surface area contributed by atoms with E-state index in [4.69, 9.17) is 10.1 Å². The summed E-state index contributed by atoms with van der Waals surface area (Å²) in [5, 5.41) is 18.9. The number of rotatable bonds is 7. The summed E-state index contributed by atoms with van der Waals surface area (Å²) in [6, 6.07) is 2.06. The molecule has 0 spiro atoms. The lowest BCUT2D eigenvalue weighted by atomic mass is 9.96. The van der Waals surface area contributed by atoms with Crippen LogP contribution < -0.4 is 9.80 Å². The number of likely N-dealkylation sites (N-methyl/N-ethyl adjacent to an activating group) is 1. The number of nitrogens with zero attached hydrogens (tertiary/aromatic N) is 5. The van der Waals surface area contributed by atoms with Gasteiger partial charge in [-0.3, -0.25) is 0 Å². The molecule has 1 aromatic heterocycles. The first-order valence-corrected chi connectivity index (χ1v) is 9.86. The van der Waals surface area contributed by atoms with Gasteiger partial charge in [0.2, 0.25) is 5.95 Å². The zero-order valence-electron chi connectivity index (χ0n) is 16.1. The fourth-order valence-corrected chi connectivity index (χ4v) is 4.14. The van der Waals surface area contributed by atoms with E-state index in [-0.39, 0.29) is 19.1 Å². The number of aromatic nitrogens is 2. The summed E-state index contributed by atoms with van der Waals surface area (Å²) in [6.45, 7) is 7.73. The van der Waals surface area contributed by atoms with Gasteiger partial charge in [0.05, 0.1) is 6.61 Å². The minimum absolute atomic E-state index is 0.168. The van der Waals surface area contributed by atoms with Gasteiger partial charge in [-0.15, -0.1) is 0 Å². The van der Waals surface area contributed by atoms with Crippen LogP contribution in [0.3, 0.4) is 0 Å². The number of hydrogen-bond acceptors (Lipinski definition) is 7. The second-order valence-corrected chi connectivity index (χ2v) is 7.81. The highest BCUT2D eigenvalue weighted by molar-refractivity contribution is 5.47. The number of hydrogen-bond donors (Lipinski definition) is 2. The van der Waals surface area contributed by atoms with E-state index in [2.05, 4.69) is 25.8 Å². The molecule has 2 saturated heterocycles. The van der Waals surface area contributed by atoms with E-state index >= 15 is 0 Å². The minimum atomic E-state index is 0.168. The summed E-state index contributed by atoms with van der Waals surface area (Å²) in [4.78, 5) is 16.3. The monoisotopic (exact) mass is 363 g/mol. The molecule has 7 heteroatoms. The van der Waals surface area contributed by atoms with Crippen molar-refractivity contribution in [2.24, 2.45) is 11.8 Å². The smallest absolute Gasteiger partial charge is 0.227 e. The average Bonchev–Trinajstić information content (AvgIpc) is 3.05. The lowest BCUT2D eigenvalue weighted by Crippen LogP contribution is -2.33. The van der Waals surface area contributed by atoms with Crippen molar-refractivity contribution in [2.45, 2.75) is 26.2 Å². The normalized spacial score (nSPS) is 23.9. The second kappa shape index (κ2) is 8.97. The molecule has 2 N–H and O–H groups in total. The highest BCUT2D eigenvalue weighted by Gasteiger charge is 2.34. The Morgan fingerprint density at radius 3 is 2.50 bits per heavy atom. The van der Waals surface area contributed by atoms with Gasteiger partial charge in [0.1, 0.15) is 5.82 Å². The zero-order chi connectivity index (χ0) is 18.5. The highest BCUT2D eigenvalue weighted by atomic mass is 16.3. The van der Waals surface area contributed by atoms with Crippen molar-refractivity contribution in [1.82, 2.24) is 14.9 Å². The Morgan fingerprint density at radius 1 is 1.08 bits per heavy atom. The molecule has 0 amide bonds. The summed E-state index contributed by atoms with van der Waals surface area (Å²) in [5.41, 5.74) is 0.997. The molecule has 2 atom stereocenters. The molecule has 0 radical (unpaired) electrons. The molecule has 26 heavy (non-hydrogen) atoms. The molecule has 0 bridgehead atoms. The highest BCUT2D eigenvalue weighted by Crippen LogP contribution is 2.29. The van der Waals surface area contributed by atoms with Crippen molar-refractivity contribution in [3.8, 4) is 0 Å². The third-order valence-electron chi connectivity index (χ3n) is 5.63. The van der Waals surface area contributed by atoms with Crippen LogP contribution in [0, 0.1) is 18.8 Å². The van der Waals surface area contributed by atoms with Gasteiger partial charge in [-0.05, 0) is 39.2 Å². The third kappa shape index (κ3) is 4.64. The van der Waals surface area contributed by atoms with Crippen molar-refractivity contribution in [1.29, 1.82) is 0 Å². The molecule has 0 aliphatic carbocycles. The molecular weight excluding hydrogens is 330 g/mol.